The molecule has 0 saturated heterocycles. The molecule has 0 spiro atoms. The summed E-state index contributed by atoms with van der Waals surface area (Å²) >= 11 is 0. The van der Waals surface area contributed by atoms with Gasteiger partial charge in [-0.1, -0.05) is 178 Å². The number of rotatable bonds is 6. The van der Waals surface area contributed by atoms with E-state index in [2.05, 4.69) is 195 Å². The van der Waals surface area contributed by atoms with Crippen molar-refractivity contribution in [3.8, 4) is 78.4 Å². The summed E-state index contributed by atoms with van der Waals surface area (Å²) in [4.78, 5) is 14.7. The number of benzene rings is 9. The summed E-state index contributed by atoms with van der Waals surface area (Å²) in [6.07, 6.45) is 3.66. The lowest BCUT2D eigenvalue weighted by molar-refractivity contribution is 0.660. The fourth-order valence-electron chi connectivity index (χ4n) is 9.75. The van der Waals surface area contributed by atoms with Gasteiger partial charge in [0, 0.05) is 34.5 Å². The normalized spacial score (nSPS) is 12.9. The zero-order valence-corrected chi connectivity index (χ0v) is 33.9. The van der Waals surface area contributed by atoms with Crippen LogP contribution in [0.25, 0.3) is 111 Å². The zero-order valence-electron chi connectivity index (χ0n) is 33.9. The minimum atomic E-state index is -0.0493. The third-order valence-corrected chi connectivity index (χ3v) is 13.0. The highest BCUT2D eigenvalue weighted by Gasteiger charge is 2.35. The highest BCUT2D eigenvalue weighted by atomic mass is 14.9. The van der Waals surface area contributed by atoms with Crippen molar-refractivity contribution in [1.82, 2.24) is 15.0 Å². The van der Waals surface area contributed by atoms with E-state index in [0.717, 1.165) is 39.2 Å². The average molecular weight is 778 g/mol. The molecule has 1 aliphatic carbocycles. The van der Waals surface area contributed by atoms with E-state index in [1.54, 1.807) is 0 Å². The molecule has 286 valence electrons. The Kier molecular flexibility index (Phi) is 7.88. The van der Waals surface area contributed by atoms with Crippen molar-refractivity contribution >= 4 is 32.3 Å². The molecule has 3 heteroatoms. The van der Waals surface area contributed by atoms with E-state index in [1.165, 1.54) is 76.8 Å². The van der Waals surface area contributed by atoms with Gasteiger partial charge in [-0.15, -0.1) is 0 Å². The predicted molar refractivity (Wildman–Crippen MR) is 254 cm³/mol. The van der Waals surface area contributed by atoms with Gasteiger partial charge in [0.1, 0.15) is 0 Å². The van der Waals surface area contributed by atoms with Crippen LogP contribution >= 0.6 is 0 Å². The third-order valence-electron chi connectivity index (χ3n) is 13.0. The molecule has 0 amide bonds. The van der Waals surface area contributed by atoms with Gasteiger partial charge in [-0.25, -0.2) is 9.97 Å². The van der Waals surface area contributed by atoms with Crippen molar-refractivity contribution < 1.29 is 0 Å². The average Bonchev–Trinajstić information content (AvgIpc) is 3.56. The number of pyridine rings is 1. The van der Waals surface area contributed by atoms with E-state index in [9.17, 15) is 0 Å². The first-order valence-corrected chi connectivity index (χ1v) is 21.0. The first-order chi connectivity index (χ1) is 30.0. The lowest BCUT2D eigenvalue weighted by Gasteiger charge is -2.22. The highest BCUT2D eigenvalue weighted by Crippen LogP contribution is 2.49. The van der Waals surface area contributed by atoms with Gasteiger partial charge < -0.3 is 0 Å². The summed E-state index contributed by atoms with van der Waals surface area (Å²) < 4.78 is 0. The fourth-order valence-corrected chi connectivity index (χ4v) is 9.75. The Hall–Kier alpha value is -7.75. The Morgan fingerprint density at radius 1 is 0.344 bits per heavy atom. The maximum atomic E-state index is 5.25. The van der Waals surface area contributed by atoms with Crippen LogP contribution in [0.5, 0.6) is 0 Å². The molecule has 11 aromatic rings. The molecular weight excluding hydrogens is 739 g/mol. The topological polar surface area (TPSA) is 38.7 Å². The molecule has 1 aliphatic rings. The highest BCUT2D eigenvalue weighted by molar-refractivity contribution is 6.25. The van der Waals surface area contributed by atoms with Crippen LogP contribution in [0, 0.1) is 0 Å². The molecule has 0 fully saturated rings. The molecule has 0 atom stereocenters. The number of hydrogen-bond acceptors (Lipinski definition) is 3. The van der Waals surface area contributed by atoms with E-state index < -0.39 is 0 Å². The Morgan fingerprint density at radius 2 is 0.852 bits per heavy atom. The van der Waals surface area contributed by atoms with Crippen LogP contribution in [0.4, 0.5) is 0 Å². The van der Waals surface area contributed by atoms with Crippen LogP contribution in [0.3, 0.4) is 0 Å². The molecule has 2 heterocycles. The van der Waals surface area contributed by atoms with Gasteiger partial charge >= 0.3 is 0 Å². The minimum Gasteiger partial charge on any atom is -0.265 e. The van der Waals surface area contributed by atoms with E-state index in [1.807, 2.05) is 24.5 Å². The second-order valence-electron chi connectivity index (χ2n) is 16.8. The van der Waals surface area contributed by atoms with E-state index in [0.29, 0.717) is 5.82 Å². The third kappa shape index (κ3) is 5.77. The number of hydrogen-bond donors (Lipinski definition) is 0. The van der Waals surface area contributed by atoms with Gasteiger partial charge in [0.05, 0.1) is 11.4 Å². The second kappa shape index (κ2) is 13.7. The fraction of sp³-hybridized carbons (Fsp3) is 0.0517. The van der Waals surface area contributed by atoms with Crippen LogP contribution in [-0.4, -0.2) is 15.0 Å². The standard InChI is InChI=1S/C58H39N3/c1-58(2)51-9-4-3-8-48(51)49-28-26-46(34-52(49)58)37-12-18-41(19-13-37)54-35-53(40-16-10-36(11-17-40)38-30-32-59-33-31-38)60-57(61-54)45-22-14-39(15-23-45)47-27-24-44-21-20-42-6-5-7-43-25-29-50(47)56(44)55(42)43/h3-35H,1-2H3. The van der Waals surface area contributed by atoms with Crippen LogP contribution in [0.2, 0.25) is 0 Å². The molecule has 9 aromatic carbocycles. The summed E-state index contributed by atoms with van der Waals surface area (Å²) in [6, 6.07) is 68.2. The van der Waals surface area contributed by atoms with Gasteiger partial charge in [0.15, 0.2) is 5.82 Å². The van der Waals surface area contributed by atoms with Gasteiger partial charge in [0.25, 0.3) is 0 Å². The molecule has 0 bridgehead atoms. The molecule has 0 N–H and O–H groups in total. The van der Waals surface area contributed by atoms with Crippen LogP contribution in [0.15, 0.2) is 200 Å². The maximum absolute atomic E-state index is 5.25. The van der Waals surface area contributed by atoms with Gasteiger partial charge in [-0.05, 0) is 112 Å². The van der Waals surface area contributed by atoms with Gasteiger partial charge in [-0.2, -0.15) is 0 Å². The largest absolute Gasteiger partial charge is 0.265 e. The lowest BCUT2D eigenvalue weighted by Crippen LogP contribution is -2.14. The van der Waals surface area contributed by atoms with Gasteiger partial charge in [-0.3, -0.25) is 4.98 Å². The summed E-state index contributed by atoms with van der Waals surface area (Å²) in [5.74, 6) is 0.692. The van der Waals surface area contributed by atoms with E-state index in [-0.39, 0.29) is 5.41 Å². The Bertz CT molecular complexity index is 3440. The van der Waals surface area contributed by atoms with Crippen LogP contribution in [0.1, 0.15) is 25.0 Å². The van der Waals surface area contributed by atoms with Gasteiger partial charge in [0.2, 0.25) is 0 Å². The number of nitrogens with zero attached hydrogens (tertiary/aromatic N) is 3. The molecular formula is C58H39N3. The number of aromatic nitrogens is 3. The van der Waals surface area contributed by atoms with Crippen molar-refractivity contribution in [1.29, 1.82) is 0 Å². The minimum absolute atomic E-state index is 0.0493. The first-order valence-electron chi connectivity index (χ1n) is 21.0. The second-order valence-corrected chi connectivity index (χ2v) is 16.8. The smallest absolute Gasteiger partial charge is 0.160 e. The van der Waals surface area contributed by atoms with Crippen LogP contribution < -0.4 is 0 Å². The molecule has 0 unspecified atom stereocenters. The van der Waals surface area contributed by atoms with Crippen molar-refractivity contribution in [2.45, 2.75) is 19.3 Å². The molecule has 12 rings (SSSR count). The first kappa shape index (κ1) is 35.2. The van der Waals surface area contributed by atoms with Crippen molar-refractivity contribution in [3.63, 3.8) is 0 Å². The Balaban J connectivity index is 0.925. The quantitative estimate of drug-likeness (QED) is 0.158. The number of fused-ring (bicyclic) bond motifs is 3. The zero-order chi connectivity index (χ0) is 40.7. The molecule has 0 aliphatic heterocycles. The van der Waals surface area contributed by atoms with Crippen LogP contribution in [-0.2, 0) is 5.41 Å². The van der Waals surface area contributed by atoms with Crippen molar-refractivity contribution in [2.75, 3.05) is 0 Å². The maximum Gasteiger partial charge on any atom is 0.160 e. The molecule has 61 heavy (non-hydrogen) atoms. The van der Waals surface area contributed by atoms with E-state index >= 15 is 0 Å². The van der Waals surface area contributed by atoms with E-state index in [4.69, 9.17) is 9.97 Å². The van der Waals surface area contributed by atoms with Crippen molar-refractivity contribution in [2.24, 2.45) is 0 Å². The summed E-state index contributed by atoms with van der Waals surface area (Å²) in [5.41, 5.74) is 17.2. The summed E-state index contributed by atoms with van der Waals surface area (Å²) in [7, 11) is 0. The summed E-state index contributed by atoms with van der Waals surface area (Å²) in [6.45, 7) is 4.67. The molecule has 2 aromatic heterocycles. The Morgan fingerprint density at radius 3 is 1.56 bits per heavy atom. The molecule has 0 radical (unpaired) electrons. The molecule has 0 saturated carbocycles. The SMILES string of the molecule is CC1(C)c2ccccc2-c2ccc(-c3ccc(-c4cc(-c5ccc(-c6ccncc6)cc5)nc(-c5ccc(-c6ccc7ccc8cccc9ccc6c7c89)cc5)n4)cc3)cc21. The predicted octanol–water partition coefficient (Wildman–Crippen LogP) is 15.1. The van der Waals surface area contributed by atoms with Crippen molar-refractivity contribution in [3.05, 3.63) is 212 Å². The summed E-state index contributed by atoms with van der Waals surface area (Å²) in [5, 5.41) is 7.73. The molecule has 3 nitrogen and oxygen atoms in total. The monoisotopic (exact) mass is 777 g/mol. The lowest BCUT2D eigenvalue weighted by atomic mass is 9.81. The Labute approximate surface area is 355 Å².